The molecule has 0 fully saturated rings. The van der Waals surface area contributed by atoms with Crippen molar-refractivity contribution in [3.8, 4) is 11.5 Å². The lowest BCUT2D eigenvalue weighted by atomic mass is 9.78. The molecule has 4 N–H and O–H groups in total. The van der Waals surface area contributed by atoms with Gasteiger partial charge >= 0.3 is 12.2 Å². The van der Waals surface area contributed by atoms with Gasteiger partial charge in [-0.1, -0.05) is 133 Å². The predicted octanol–water partition coefficient (Wildman–Crippen LogP) is 11.6. The molecule has 1 aliphatic heterocycles. The van der Waals surface area contributed by atoms with Crippen molar-refractivity contribution in [2.45, 2.75) is 48.6 Å². The van der Waals surface area contributed by atoms with E-state index in [4.69, 9.17) is 13.7 Å². The molecule has 18 heteroatoms. The number of carbonyl (C=O) groups is 4. The Labute approximate surface area is 442 Å². The fourth-order valence-corrected chi connectivity index (χ4v) is 12.2. The van der Waals surface area contributed by atoms with Crippen LogP contribution in [0.3, 0.4) is 0 Å². The molecule has 362 valence electrons. The average molecular weight is 1230 g/mol. The fourth-order valence-electron chi connectivity index (χ4n) is 8.23. The molecule has 8 rings (SSSR count). The van der Waals surface area contributed by atoms with Gasteiger partial charge in [-0.15, -0.1) is 0 Å². The Morgan fingerprint density at radius 1 is 0.535 bits per heavy atom. The molecular formula is C53H40Br4N2O11S. The Hall–Kier alpha value is -6.15. The summed E-state index contributed by atoms with van der Waals surface area (Å²) in [7, 11) is -5.16. The number of halogens is 4. The van der Waals surface area contributed by atoms with E-state index in [0.29, 0.717) is 22.3 Å². The summed E-state index contributed by atoms with van der Waals surface area (Å²) in [5.41, 5.74) is -0.688. The fraction of sp³-hybridized carbons (Fsp3) is 0.132. The summed E-state index contributed by atoms with van der Waals surface area (Å²) in [5.74, 6) is -2.33. The summed E-state index contributed by atoms with van der Waals surface area (Å²) in [6.07, 6.45) is -2.31. The van der Waals surface area contributed by atoms with Gasteiger partial charge in [-0.25, -0.2) is 13.8 Å². The molecule has 0 bridgehead atoms. The number of amides is 2. The van der Waals surface area contributed by atoms with Crippen molar-refractivity contribution >= 4 is 97.6 Å². The molecule has 71 heavy (non-hydrogen) atoms. The van der Waals surface area contributed by atoms with Crippen LogP contribution in [0, 0.1) is 0 Å². The first kappa shape index (κ1) is 51.2. The van der Waals surface area contributed by atoms with Gasteiger partial charge < -0.3 is 30.3 Å². The van der Waals surface area contributed by atoms with Crippen molar-refractivity contribution in [2.24, 2.45) is 0 Å². The molecule has 0 radical (unpaired) electrons. The predicted molar refractivity (Wildman–Crippen MR) is 278 cm³/mol. The maximum Gasteiger partial charge on any atom is 0.408 e. The average Bonchev–Trinajstić information content (AvgIpc) is 3.63. The van der Waals surface area contributed by atoms with Gasteiger partial charge in [0.05, 0.1) is 35.5 Å². The minimum atomic E-state index is -5.16. The van der Waals surface area contributed by atoms with Gasteiger partial charge in [0.25, 0.3) is 10.1 Å². The number of ketones is 2. The standard InChI is InChI=1S/C53H40Br4N2O11S/c54-39-25-35(26-40(55)47(39)61)53(36-27-41(56)48(62)42(57)28-36)38-22-21-37(46(60)43(23-31-13-5-1-6-14-31)58-51(64)68-29-33-17-9-3-10-18-33)45(50(38)71(66,67)70-53)49(63)44(24-32-15-7-2-8-16-32)59-52(65)69-30-34-19-11-4-12-20-34/h1-22,25-28,43-44,61-62H,23-24,29-30H2,(H,58,64)(H,59,65)/t43-,44-/m0/s1. The molecule has 0 saturated carbocycles. The molecule has 2 atom stereocenters. The number of phenols is 2. The van der Waals surface area contributed by atoms with E-state index < -0.39 is 67.6 Å². The maximum absolute atomic E-state index is 15.8. The van der Waals surface area contributed by atoms with Crippen LogP contribution >= 0.6 is 63.7 Å². The van der Waals surface area contributed by atoms with Gasteiger partial charge in [0.1, 0.15) is 29.6 Å². The number of nitrogens with one attached hydrogen (secondary N) is 2. The molecule has 1 heterocycles. The number of alkyl carbamates (subject to hydrolysis) is 2. The molecule has 7 aromatic carbocycles. The number of hydrogen-bond acceptors (Lipinski definition) is 11. The number of ether oxygens (including phenoxy) is 2. The van der Waals surface area contributed by atoms with Crippen molar-refractivity contribution in [3.63, 3.8) is 0 Å². The Morgan fingerprint density at radius 3 is 1.30 bits per heavy atom. The summed E-state index contributed by atoms with van der Waals surface area (Å²) in [5, 5.41) is 27.1. The molecule has 0 aromatic heterocycles. The molecule has 1 aliphatic rings. The quantitative estimate of drug-likeness (QED) is 0.0531. The number of aromatic hydroxyl groups is 2. The van der Waals surface area contributed by atoms with Gasteiger partial charge in [0, 0.05) is 24.0 Å². The highest BCUT2D eigenvalue weighted by Gasteiger charge is 2.55. The van der Waals surface area contributed by atoms with Crippen LogP contribution in [-0.2, 0) is 55.4 Å². The zero-order valence-corrected chi connectivity index (χ0v) is 44.1. The summed E-state index contributed by atoms with van der Waals surface area (Å²) < 4.78 is 48.5. The van der Waals surface area contributed by atoms with E-state index in [1.165, 1.54) is 36.4 Å². The van der Waals surface area contributed by atoms with Crippen molar-refractivity contribution < 1.29 is 51.5 Å². The Bertz CT molecular complexity index is 3160. The van der Waals surface area contributed by atoms with E-state index in [-0.39, 0.29) is 72.1 Å². The van der Waals surface area contributed by atoms with Crippen LogP contribution in [0.2, 0.25) is 0 Å². The van der Waals surface area contributed by atoms with Crippen LogP contribution in [0.5, 0.6) is 11.5 Å². The first-order chi connectivity index (χ1) is 34.0. The molecule has 13 nitrogen and oxygen atoms in total. The van der Waals surface area contributed by atoms with Crippen LogP contribution in [0.25, 0.3) is 0 Å². The third-order valence-electron chi connectivity index (χ3n) is 11.6. The zero-order chi connectivity index (χ0) is 50.5. The number of phenolic OH excluding ortho intramolecular Hbond substituents is 2. The van der Waals surface area contributed by atoms with E-state index >= 15 is 18.0 Å². The van der Waals surface area contributed by atoms with E-state index in [2.05, 4.69) is 74.4 Å². The zero-order valence-electron chi connectivity index (χ0n) is 37.0. The highest BCUT2D eigenvalue weighted by molar-refractivity contribution is 9.11. The molecule has 0 unspecified atom stereocenters. The Morgan fingerprint density at radius 2 is 0.901 bits per heavy atom. The third kappa shape index (κ3) is 11.3. The first-order valence-electron chi connectivity index (χ1n) is 21.7. The van der Waals surface area contributed by atoms with E-state index in [1.807, 2.05) is 6.07 Å². The lowest BCUT2D eigenvalue weighted by Crippen LogP contribution is -2.45. The monoisotopic (exact) mass is 1230 g/mol. The van der Waals surface area contributed by atoms with E-state index in [9.17, 15) is 19.8 Å². The van der Waals surface area contributed by atoms with Gasteiger partial charge in [-0.2, -0.15) is 8.42 Å². The lowest BCUT2D eigenvalue weighted by molar-refractivity contribution is 0.0885. The van der Waals surface area contributed by atoms with Crippen molar-refractivity contribution in [1.29, 1.82) is 0 Å². The van der Waals surface area contributed by atoms with Crippen LogP contribution in [0.4, 0.5) is 9.59 Å². The topological polar surface area (TPSA) is 195 Å². The molecule has 2 amide bonds. The second-order valence-electron chi connectivity index (χ2n) is 16.3. The third-order valence-corrected chi connectivity index (χ3v) is 15.4. The molecule has 0 aliphatic carbocycles. The van der Waals surface area contributed by atoms with E-state index in [1.54, 1.807) is 115 Å². The highest BCUT2D eigenvalue weighted by atomic mass is 79.9. The maximum atomic E-state index is 15.8. The molecule has 0 saturated heterocycles. The van der Waals surface area contributed by atoms with Gasteiger partial charge in [0.2, 0.25) is 0 Å². The highest BCUT2D eigenvalue weighted by Crippen LogP contribution is 2.55. The molecule has 0 spiro atoms. The van der Waals surface area contributed by atoms with Gasteiger partial charge in [0.15, 0.2) is 17.2 Å². The smallest absolute Gasteiger partial charge is 0.408 e. The summed E-state index contributed by atoms with van der Waals surface area (Å²) in [6, 6.07) is 40.4. The second-order valence-corrected chi connectivity index (χ2v) is 21.2. The lowest BCUT2D eigenvalue weighted by Gasteiger charge is -2.31. The number of benzene rings is 7. The minimum Gasteiger partial charge on any atom is -0.506 e. The number of rotatable bonds is 16. The van der Waals surface area contributed by atoms with Gasteiger partial charge in [-0.05, 0) is 121 Å². The number of fused-ring (bicyclic) bond motifs is 1. The second kappa shape index (κ2) is 22.1. The number of hydrogen-bond donors (Lipinski definition) is 4. The SMILES string of the molecule is O=C(N[C@@H](Cc1ccccc1)C(=O)c1ccc2c(c1C(=O)[C@H](Cc1ccccc1)NC(=O)OCc1ccccc1)S(=O)(=O)OC2(c1cc(Br)c(O)c(Br)c1)c1cc(Br)c(O)c(Br)c1)OCc1ccccc1. The molecule has 7 aromatic rings. The summed E-state index contributed by atoms with van der Waals surface area (Å²) >= 11 is 13.5. The van der Waals surface area contributed by atoms with Crippen molar-refractivity contribution in [3.05, 3.63) is 226 Å². The Balaban J connectivity index is 1.35. The Kier molecular flexibility index (Phi) is 15.9. The van der Waals surface area contributed by atoms with Crippen LogP contribution in [0.15, 0.2) is 181 Å². The first-order valence-corrected chi connectivity index (χ1v) is 26.2. The van der Waals surface area contributed by atoms with Crippen molar-refractivity contribution in [2.75, 3.05) is 0 Å². The summed E-state index contributed by atoms with van der Waals surface area (Å²) in [4.78, 5) is 58.0. The van der Waals surface area contributed by atoms with Crippen molar-refractivity contribution in [1.82, 2.24) is 10.6 Å². The van der Waals surface area contributed by atoms with Gasteiger partial charge in [-0.3, -0.25) is 9.59 Å². The largest absolute Gasteiger partial charge is 0.506 e. The summed E-state index contributed by atoms with van der Waals surface area (Å²) in [6.45, 7) is -0.309. The molecular weight excluding hydrogens is 1190 g/mol. The van der Waals surface area contributed by atoms with Crippen LogP contribution < -0.4 is 10.6 Å². The minimum absolute atomic E-state index is 0.117. The van der Waals surface area contributed by atoms with Crippen LogP contribution in [-0.4, -0.2) is 54.5 Å². The van der Waals surface area contributed by atoms with Crippen LogP contribution in [0.1, 0.15) is 59.7 Å². The normalized spacial score (nSPS) is 14.1. The number of carbonyl (C=O) groups excluding carboxylic acids is 4. The van der Waals surface area contributed by atoms with E-state index in [0.717, 1.165) is 0 Å². The number of Topliss-reactive ketones (excluding diaryl/α,β-unsaturated/α-hetero) is 2.